The second-order valence-corrected chi connectivity index (χ2v) is 3.56. The van der Waals surface area contributed by atoms with E-state index in [0.29, 0.717) is 5.75 Å². The second-order valence-electron chi connectivity index (χ2n) is 3.56. The van der Waals surface area contributed by atoms with Gasteiger partial charge >= 0.3 is 11.9 Å². The standard InChI is InChI=1S/C8H11NO.C4H6O4.ClH/c1-3-7-8(10)5-4-6(2)9-7;5-3(6)1-2-4(7)8;/h4-5,10H,3H2,1-2H3;1-2H2,(H,5,6)(H,7,8);1H. The Labute approximate surface area is 117 Å². The summed E-state index contributed by atoms with van der Waals surface area (Å²) in [5, 5.41) is 25.0. The van der Waals surface area contributed by atoms with E-state index in [-0.39, 0.29) is 25.2 Å². The van der Waals surface area contributed by atoms with Gasteiger partial charge in [0.05, 0.1) is 18.5 Å². The molecule has 0 atom stereocenters. The van der Waals surface area contributed by atoms with Gasteiger partial charge in [-0.3, -0.25) is 14.6 Å². The number of halogens is 1. The van der Waals surface area contributed by atoms with Gasteiger partial charge in [-0.25, -0.2) is 0 Å². The number of carbonyl (C=O) groups is 2. The van der Waals surface area contributed by atoms with Crippen molar-refractivity contribution in [1.29, 1.82) is 0 Å². The molecule has 0 radical (unpaired) electrons. The highest BCUT2D eigenvalue weighted by molar-refractivity contribution is 5.85. The van der Waals surface area contributed by atoms with Crippen molar-refractivity contribution in [3.63, 3.8) is 0 Å². The van der Waals surface area contributed by atoms with E-state index in [1.807, 2.05) is 13.8 Å². The maximum absolute atomic E-state index is 9.64. The first kappa shape index (κ1) is 19.5. The third-order valence-electron chi connectivity index (χ3n) is 1.98. The molecule has 19 heavy (non-hydrogen) atoms. The molecule has 0 spiro atoms. The van der Waals surface area contributed by atoms with Crippen LogP contribution >= 0.6 is 12.4 Å². The molecule has 0 amide bonds. The number of hydrogen-bond acceptors (Lipinski definition) is 4. The SMILES string of the molecule is CCc1nc(C)ccc1O.Cl.O=C(O)CCC(=O)O. The van der Waals surface area contributed by atoms with Crippen LogP contribution in [0.2, 0.25) is 0 Å². The minimum atomic E-state index is -1.08. The van der Waals surface area contributed by atoms with Crippen molar-refractivity contribution in [3.05, 3.63) is 23.5 Å². The summed E-state index contributed by atoms with van der Waals surface area (Å²) in [5.41, 5.74) is 1.73. The van der Waals surface area contributed by atoms with Gasteiger partial charge < -0.3 is 15.3 Å². The topological polar surface area (TPSA) is 108 Å². The van der Waals surface area contributed by atoms with Gasteiger partial charge in [-0.1, -0.05) is 6.92 Å². The number of carboxylic acids is 2. The molecule has 0 aliphatic heterocycles. The van der Waals surface area contributed by atoms with Crippen LogP contribution in [0.5, 0.6) is 5.75 Å². The fraction of sp³-hybridized carbons (Fsp3) is 0.417. The highest BCUT2D eigenvalue weighted by atomic mass is 35.5. The van der Waals surface area contributed by atoms with Crippen LogP contribution in [0.4, 0.5) is 0 Å². The van der Waals surface area contributed by atoms with Crippen LogP contribution in [0.15, 0.2) is 12.1 Å². The molecule has 0 aliphatic carbocycles. The monoisotopic (exact) mass is 291 g/mol. The van der Waals surface area contributed by atoms with Crippen molar-refractivity contribution < 1.29 is 24.9 Å². The molecule has 1 heterocycles. The Morgan fingerprint density at radius 3 is 1.95 bits per heavy atom. The number of aryl methyl sites for hydroxylation is 2. The van der Waals surface area contributed by atoms with Crippen molar-refractivity contribution in [1.82, 2.24) is 4.98 Å². The predicted octanol–water partition coefficient (Wildman–Crippen LogP) is 2.02. The van der Waals surface area contributed by atoms with Gasteiger partial charge in [0.15, 0.2) is 0 Å². The molecule has 3 N–H and O–H groups in total. The molecule has 0 unspecified atom stereocenters. The van der Waals surface area contributed by atoms with Crippen molar-refractivity contribution in [2.45, 2.75) is 33.1 Å². The number of nitrogens with zero attached hydrogens (tertiary/aromatic N) is 1. The Morgan fingerprint density at radius 1 is 1.16 bits per heavy atom. The maximum Gasteiger partial charge on any atom is 0.303 e. The van der Waals surface area contributed by atoms with Gasteiger partial charge in [-0.15, -0.1) is 12.4 Å². The van der Waals surface area contributed by atoms with Gasteiger partial charge in [0.2, 0.25) is 0 Å². The summed E-state index contributed by atoms with van der Waals surface area (Å²) in [4.78, 5) is 23.4. The number of aromatic hydroxyl groups is 1. The molecule has 108 valence electrons. The Balaban J connectivity index is 0. The zero-order valence-electron chi connectivity index (χ0n) is 10.8. The average molecular weight is 292 g/mol. The first-order valence-electron chi connectivity index (χ1n) is 5.45. The fourth-order valence-corrected chi connectivity index (χ4v) is 1.08. The summed E-state index contributed by atoms with van der Waals surface area (Å²) in [5.74, 6) is -1.85. The van der Waals surface area contributed by atoms with E-state index in [1.165, 1.54) is 0 Å². The van der Waals surface area contributed by atoms with E-state index in [4.69, 9.17) is 10.2 Å². The molecule has 1 aromatic rings. The Morgan fingerprint density at radius 2 is 1.63 bits per heavy atom. The molecule has 0 saturated heterocycles. The molecule has 0 saturated carbocycles. The van der Waals surface area contributed by atoms with Crippen LogP contribution in [0.1, 0.15) is 31.2 Å². The van der Waals surface area contributed by atoms with Crippen LogP contribution in [0.25, 0.3) is 0 Å². The lowest BCUT2D eigenvalue weighted by atomic mass is 10.2. The van der Waals surface area contributed by atoms with Gasteiger partial charge in [0, 0.05) is 5.69 Å². The minimum Gasteiger partial charge on any atom is -0.506 e. The molecule has 1 aromatic heterocycles. The number of hydrogen-bond donors (Lipinski definition) is 3. The van der Waals surface area contributed by atoms with Crippen LogP contribution in [0, 0.1) is 6.92 Å². The Kier molecular flexibility index (Phi) is 10.4. The Hall–Kier alpha value is -1.82. The van der Waals surface area contributed by atoms with Crippen LogP contribution in [-0.4, -0.2) is 32.2 Å². The minimum absolute atomic E-state index is 0. The normalized spacial score (nSPS) is 8.74. The van der Waals surface area contributed by atoms with Gasteiger partial charge in [0.25, 0.3) is 0 Å². The summed E-state index contributed by atoms with van der Waals surface area (Å²) >= 11 is 0. The molecule has 7 heteroatoms. The molecule has 0 fully saturated rings. The number of aromatic nitrogens is 1. The van der Waals surface area contributed by atoms with Crippen LogP contribution < -0.4 is 0 Å². The summed E-state index contributed by atoms with van der Waals surface area (Å²) < 4.78 is 0. The van der Waals surface area contributed by atoms with Crippen LogP contribution in [-0.2, 0) is 16.0 Å². The molecule has 0 bridgehead atoms. The van der Waals surface area contributed by atoms with Crippen molar-refractivity contribution in [3.8, 4) is 5.75 Å². The van der Waals surface area contributed by atoms with Gasteiger partial charge in [0.1, 0.15) is 5.75 Å². The molecular weight excluding hydrogens is 274 g/mol. The molecule has 1 rings (SSSR count). The zero-order chi connectivity index (χ0) is 14.1. The lowest BCUT2D eigenvalue weighted by molar-refractivity contribution is -0.143. The van der Waals surface area contributed by atoms with E-state index in [1.54, 1.807) is 12.1 Å². The Bertz CT molecular complexity index is 409. The van der Waals surface area contributed by atoms with Crippen LogP contribution in [0.3, 0.4) is 0 Å². The van der Waals surface area contributed by atoms with Gasteiger partial charge in [-0.2, -0.15) is 0 Å². The average Bonchev–Trinajstić information content (AvgIpc) is 2.30. The maximum atomic E-state index is 9.64. The van der Waals surface area contributed by atoms with E-state index < -0.39 is 11.9 Å². The first-order valence-corrected chi connectivity index (χ1v) is 5.45. The number of aliphatic carboxylic acids is 2. The molecular formula is C12H18ClNO5. The lowest BCUT2D eigenvalue weighted by Crippen LogP contribution is -2.00. The molecule has 0 aliphatic rings. The van der Waals surface area contributed by atoms with Gasteiger partial charge in [-0.05, 0) is 25.5 Å². The highest BCUT2D eigenvalue weighted by Gasteiger charge is 2.00. The van der Waals surface area contributed by atoms with Crippen molar-refractivity contribution in [2.75, 3.05) is 0 Å². The van der Waals surface area contributed by atoms with Crippen molar-refractivity contribution in [2.24, 2.45) is 0 Å². The largest absolute Gasteiger partial charge is 0.506 e. The quantitative estimate of drug-likeness (QED) is 0.783. The van der Waals surface area contributed by atoms with E-state index in [2.05, 4.69) is 4.98 Å². The van der Waals surface area contributed by atoms with Crippen molar-refractivity contribution >= 4 is 24.3 Å². The number of pyridine rings is 1. The second kappa shape index (κ2) is 10.1. The first-order chi connectivity index (χ1) is 8.36. The third-order valence-corrected chi connectivity index (χ3v) is 1.98. The summed E-state index contributed by atoms with van der Waals surface area (Å²) in [6, 6.07) is 3.48. The lowest BCUT2D eigenvalue weighted by Gasteiger charge is -1.99. The highest BCUT2D eigenvalue weighted by Crippen LogP contribution is 2.14. The fourth-order valence-electron chi connectivity index (χ4n) is 1.08. The number of rotatable bonds is 4. The van der Waals surface area contributed by atoms with E-state index in [0.717, 1.165) is 17.8 Å². The van der Waals surface area contributed by atoms with E-state index >= 15 is 0 Å². The molecule has 6 nitrogen and oxygen atoms in total. The van der Waals surface area contributed by atoms with E-state index in [9.17, 15) is 14.7 Å². The summed E-state index contributed by atoms with van der Waals surface area (Å²) in [6.07, 6.45) is 0.193. The number of carboxylic acid groups (broad SMARTS) is 2. The summed E-state index contributed by atoms with van der Waals surface area (Å²) in [7, 11) is 0. The third kappa shape index (κ3) is 9.84. The molecule has 0 aromatic carbocycles. The predicted molar refractivity (Wildman–Crippen MR) is 71.8 cm³/mol. The smallest absolute Gasteiger partial charge is 0.303 e. The zero-order valence-corrected chi connectivity index (χ0v) is 11.6. The summed E-state index contributed by atoms with van der Waals surface area (Å²) in [6.45, 7) is 3.89.